The number of likely N-dealkylation sites (tertiary alicyclic amines) is 1. The Kier molecular flexibility index (Phi) is 6.39. The van der Waals surface area contributed by atoms with Crippen molar-refractivity contribution in [3.05, 3.63) is 60.2 Å². The molecule has 4 rings (SSSR count). The van der Waals surface area contributed by atoms with Gasteiger partial charge in [-0.15, -0.1) is 0 Å². The van der Waals surface area contributed by atoms with Crippen LogP contribution in [-0.2, 0) is 29.3 Å². The summed E-state index contributed by atoms with van der Waals surface area (Å²) in [7, 11) is 3.17. The van der Waals surface area contributed by atoms with Crippen molar-refractivity contribution in [1.82, 2.24) is 9.80 Å². The molecule has 2 heterocycles. The molecule has 2 aliphatic heterocycles. The minimum absolute atomic E-state index is 0.0182. The van der Waals surface area contributed by atoms with E-state index in [1.807, 2.05) is 54.6 Å². The van der Waals surface area contributed by atoms with Crippen molar-refractivity contribution in [3.8, 4) is 11.1 Å². The predicted molar refractivity (Wildman–Crippen MR) is 119 cm³/mol. The molecule has 0 aliphatic carbocycles. The van der Waals surface area contributed by atoms with E-state index in [4.69, 9.17) is 9.47 Å². The first-order valence-corrected chi connectivity index (χ1v) is 10.8. The minimum Gasteiger partial charge on any atom is -0.376 e. The van der Waals surface area contributed by atoms with Gasteiger partial charge in [-0.1, -0.05) is 54.6 Å². The standard InChI is InChI=1S/C25H28N2O5/c1-26(16-21-17-31-12-13-32-21)22(28)14-25(15-23(29)27(2)24(25)30)20-10-8-19(9-11-20)18-6-4-3-5-7-18/h3-11,21H,12-17H2,1-2H3/t21-,25-/m1/s1. The highest BCUT2D eigenvalue weighted by atomic mass is 16.6. The van der Waals surface area contributed by atoms with Crippen molar-refractivity contribution < 1.29 is 23.9 Å². The van der Waals surface area contributed by atoms with E-state index in [0.29, 0.717) is 31.9 Å². The van der Waals surface area contributed by atoms with Crippen LogP contribution in [0.15, 0.2) is 54.6 Å². The van der Waals surface area contributed by atoms with Gasteiger partial charge in [0.05, 0.1) is 31.3 Å². The van der Waals surface area contributed by atoms with Gasteiger partial charge in [-0.2, -0.15) is 0 Å². The lowest BCUT2D eigenvalue weighted by Crippen LogP contribution is -2.45. The molecule has 0 N–H and O–H groups in total. The van der Waals surface area contributed by atoms with Crippen LogP contribution in [0, 0.1) is 0 Å². The molecule has 7 heteroatoms. The third-order valence-electron chi connectivity index (χ3n) is 6.33. The number of amides is 3. The molecule has 2 atom stereocenters. The van der Waals surface area contributed by atoms with Crippen LogP contribution in [0.5, 0.6) is 0 Å². The summed E-state index contributed by atoms with van der Waals surface area (Å²) in [6, 6.07) is 17.5. The highest BCUT2D eigenvalue weighted by Gasteiger charge is 2.52. The van der Waals surface area contributed by atoms with Crippen LogP contribution in [0.3, 0.4) is 0 Å². The second-order valence-electron chi connectivity index (χ2n) is 8.48. The van der Waals surface area contributed by atoms with Crippen molar-refractivity contribution in [2.24, 2.45) is 0 Å². The first-order valence-electron chi connectivity index (χ1n) is 10.8. The highest BCUT2D eigenvalue weighted by Crippen LogP contribution is 2.40. The largest absolute Gasteiger partial charge is 0.376 e. The van der Waals surface area contributed by atoms with Crippen LogP contribution in [-0.4, -0.2) is 74.1 Å². The summed E-state index contributed by atoms with van der Waals surface area (Å²) in [4.78, 5) is 41.6. The molecule has 2 aromatic carbocycles. The van der Waals surface area contributed by atoms with E-state index in [9.17, 15) is 14.4 Å². The third kappa shape index (κ3) is 4.31. The van der Waals surface area contributed by atoms with Gasteiger partial charge in [0.1, 0.15) is 0 Å². The van der Waals surface area contributed by atoms with Gasteiger partial charge < -0.3 is 14.4 Å². The maximum Gasteiger partial charge on any atom is 0.240 e. The minimum atomic E-state index is -1.20. The first-order chi connectivity index (χ1) is 15.4. The average molecular weight is 437 g/mol. The molecule has 7 nitrogen and oxygen atoms in total. The molecule has 2 aliphatic rings. The van der Waals surface area contributed by atoms with Crippen molar-refractivity contribution in [2.45, 2.75) is 24.4 Å². The molecule has 2 aromatic rings. The Balaban J connectivity index is 1.58. The second kappa shape index (κ2) is 9.22. The zero-order valence-electron chi connectivity index (χ0n) is 18.5. The molecule has 0 aromatic heterocycles. The van der Waals surface area contributed by atoms with E-state index >= 15 is 0 Å². The number of likely N-dealkylation sites (N-methyl/N-ethyl adjacent to an activating group) is 2. The van der Waals surface area contributed by atoms with Crippen LogP contribution in [0.1, 0.15) is 18.4 Å². The maximum atomic E-state index is 13.2. The predicted octanol–water partition coefficient (Wildman–Crippen LogP) is 2.24. The zero-order chi connectivity index (χ0) is 22.7. The maximum absolute atomic E-state index is 13.2. The van der Waals surface area contributed by atoms with E-state index < -0.39 is 5.41 Å². The van der Waals surface area contributed by atoms with Gasteiger partial charge in [0.25, 0.3) is 0 Å². The lowest BCUT2D eigenvalue weighted by molar-refractivity contribution is -0.143. The van der Waals surface area contributed by atoms with Crippen LogP contribution < -0.4 is 0 Å². The fourth-order valence-electron chi connectivity index (χ4n) is 4.41. The first kappa shape index (κ1) is 22.2. The molecule has 0 saturated carbocycles. The summed E-state index contributed by atoms with van der Waals surface area (Å²) < 4.78 is 11.1. The highest BCUT2D eigenvalue weighted by molar-refractivity contribution is 6.10. The molecule has 0 spiro atoms. The summed E-state index contributed by atoms with van der Waals surface area (Å²) in [5.74, 6) is -0.821. The summed E-state index contributed by atoms with van der Waals surface area (Å²) in [6.45, 7) is 1.87. The summed E-state index contributed by atoms with van der Waals surface area (Å²) in [5, 5.41) is 0. The summed E-state index contributed by atoms with van der Waals surface area (Å²) >= 11 is 0. The molecule has 168 valence electrons. The Bertz CT molecular complexity index is 985. The molecule has 0 bridgehead atoms. The van der Waals surface area contributed by atoms with Gasteiger partial charge in [0, 0.05) is 33.5 Å². The van der Waals surface area contributed by atoms with Crippen LogP contribution in [0.2, 0.25) is 0 Å². The number of hydrogen-bond donors (Lipinski definition) is 0. The SMILES string of the molecule is CN(C[C@@H]1COCCO1)C(=O)C[C@]1(c2ccc(-c3ccccc3)cc2)CC(=O)N(C)C1=O. The van der Waals surface area contributed by atoms with Gasteiger partial charge in [-0.25, -0.2) is 0 Å². The molecule has 3 amide bonds. The van der Waals surface area contributed by atoms with E-state index in [-0.39, 0.29) is 36.7 Å². The summed E-state index contributed by atoms with van der Waals surface area (Å²) in [6.07, 6.45) is -0.283. The number of carbonyl (C=O) groups is 3. The smallest absolute Gasteiger partial charge is 0.240 e. The van der Waals surface area contributed by atoms with Gasteiger partial charge in [-0.3, -0.25) is 19.3 Å². The number of hydrogen-bond acceptors (Lipinski definition) is 5. The van der Waals surface area contributed by atoms with E-state index in [0.717, 1.165) is 16.0 Å². The molecule has 2 fully saturated rings. The molecule has 32 heavy (non-hydrogen) atoms. The van der Waals surface area contributed by atoms with E-state index in [2.05, 4.69) is 0 Å². The number of carbonyl (C=O) groups excluding carboxylic acids is 3. The number of rotatable bonds is 6. The number of nitrogens with zero attached hydrogens (tertiary/aromatic N) is 2. The molecular weight excluding hydrogens is 408 g/mol. The quantitative estimate of drug-likeness (QED) is 0.650. The Hall–Kier alpha value is -3.03. The van der Waals surface area contributed by atoms with E-state index in [1.165, 1.54) is 7.05 Å². The fourth-order valence-corrected chi connectivity index (χ4v) is 4.41. The van der Waals surface area contributed by atoms with Gasteiger partial charge in [0.2, 0.25) is 17.7 Å². The molecule has 0 radical (unpaired) electrons. The van der Waals surface area contributed by atoms with Gasteiger partial charge in [0.15, 0.2) is 0 Å². The molecule has 0 unspecified atom stereocenters. The van der Waals surface area contributed by atoms with Crippen molar-refractivity contribution in [3.63, 3.8) is 0 Å². The second-order valence-corrected chi connectivity index (χ2v) is 8.48. The monoisotopic (exact) mass is 436 g/mol. The number of benzene rings is 2. The van der Waals surface area contributed by atoms with Crippen molar-refractivity contribution in [2.75, 3.05) is 40.5 Å². The lowest BCUT2D eigenvalue weighted by Gasteiger charge is -2.31. The molecule has 2 saturated heterocycles. The lowest BCUT2D eigenvalue weighted by atomic mass is 9.75. The Labute approximate surface area is 187 Å². The fraction of sp³-hybridized carbons (Fsp3) is 0.400. The Morgan fingerprint density at radius 3 is 2.34 bits per heavy atom. The third-order valence-corrected chi connectivity index (χ3v) is 6.33. The van der Waals surface area contributed by atoms with Crippen LogP contribution in [0.4, 0.5) is 0 Å². The van der Waals surface area contributed by atoms with Crippen LogP contribution >= 0.6 is 0 Å². The van der Waals surface area contributed by atoms with Crippen LogP contribution in [0.25, 0.3) is 11.1 Å². The average Bonchev–Trinajstić information content (AvgIpc) is 3.04. The summed E-state index contributed by atoms with van der Waals surface area (Å²) in [5.41, 5.74) is 1.55. The van der Waals surface area contributed by atoms with Gasteiger partial charge in [-0.05, 0) is 16.7 Å². The normalized spacial score (nSPS) is 23.4. The number of imide groups is 1. The van der Waals surface area contributed by atoms with Gasteiger partial charge >= 0.3 is 0 Å². The topological polar surface area (TPSA) is 76.2 Å². The Morgan fingerprint density at radius 2 is 1.75 bits per heavy atom. The number of ether oxygens (including phenoxy) is 2. The van der Waals surface area contributed by atoms with Crippen molar-refractivity contribution in [1.29, 1.82) is 0 Å². The Morgan fingerprint density at radius 1 is 1.06 bits per heavy atom. The zero-order valence-corrected chi connectivity index (χ0v) is 18.5. The van der Waals surface area contributed by atoms with E-state index in [1.54, 1.807) is 11.9 Å². The van der Waals surface area contributed by atoms with Crippen molar-refractivity contribution >= 4 is 17.7 Å². The molecular formula is C25H28N2O5.